The lowest BCUT2D eigenvalue weighted by Crippen LogP contribution is -2.08. The number of thioether (sulfide) groups is 1. The van der Waals surface area contributed by atoms with E-state index in [2.05, 4.69) is 27.0 Å². The Morgan fingerprint density at radius 1 is 1.43 bits per heavy atom. The van der Waals surface area contributed by atoms with Gasteiger partial charge in [-0.15, -0.1) is 11.8 Å². The standard InChI is InChI=1S/C15H13BrN2O2S/c1-9-5-14(19)18-15(12(9)7-17)21-8-10-6-11(16)3-4-13(10)20-2/h3-6H,8H2,1-2H3,(H,18,19). The monoisotopic (exact) mass is 364 g/mol. The Morgan fingerprint density at radius 3 is 2.86 bits per heavy atom. The van der Waals surface area contributed by atoms with Crippen LogP contribution >= 0.6 is 27.7 Å². The minimum absolute atomic E-state index is 0.199. The second-order valence-electron chi connectivity index (χ2n) is 4.38. The van der Waals surface area contributed by atoms with Crippen LogP contribution < -0.4 is 10.3 Å². The molecule has 0 amide bonds. The fraction of sp³-hybridized carbons (Fsp3) is 0.200. The first-order chi connectivity index (χ1) is 10.0. The summed E-state index contributed by atoms with van der Waals surface area (Å²) < 4.78 is 6.28. The minimum atomic E-state index is -0.199. The van der Waals surface area contributed by atoms with Crippen molar-refractivity contribution in [2.24, 2.45) is 0 Å². The number of aromatic amines is 1. The summed E-state index contributed by atoms with van der Waals surface area (Å²) in [4.78, 5) is 14.3. The lowest BCUT2D eigenvalue weighted by atomic mass is 10.2. The molecule has 6 heteroatoms. The molecule has 1 aromatic carbocycles. The summed E-state index contributed by atoms with van der Waals surface area (Å²) >= 11 is 4.84. The number of methoxy groups -OCH3 is 1. The molecule has 0 bridgehead atoms. The SMILES string of the molecule is COc1ccc(Br)cc1CSc1[nH]c(=O)cc(C)c1C#N. The van der Waals surface area contributed by atoms with E-state index in [0.29, 0.717) is 21.9 Å². The summed E-state index contributed by atoms with van der Waals surface area (Å²) in [6.45, 7) is 1.76. The average molecular weight is 365 g/mol. The maximum absolute atomic E-state index is 11.6. The van der Waals surface area contributed by atoms with Crippen molar-refractivity contribution < 1.29 is 4.74 Å². The first-order valence-electron chi connectivity index (χ1n) is 6.14. The highest BCUT2D eigenvalue weighted by Gasteiger charge is 2.10. The van der Waals surface area contributed by atoms with Crippen molar-refractivity contribution in [3.05, 3.63) is 55.8 Å². The quantitative estimate of drug-likeness (QED) is 0.841. The van der Waals surface area contributed by atoms with E-state index < -0.39 is 0 Å². The highest BCUT2D eigenvalue weighted by molar-refractivity contribution is 9.10. The number of hydrogen-bond donors (Lipinski definition) is 1. The van der Waals surface area contributed by atoms with Crippen molar-refractivity contribution in [2.45, 2.75) is 17.7 Å². The molecule has 4 nitrogen and oxygen atoms in total. The smallest absolute Gasteiger partial charge is 0.249 e. The first-order valence-corrected chi connectivity index (χ1v) is 7.92. The van der Waals surface area contributed by atoms with E-state index in [1.807, 2.05) is 18.2 Å². The first kappa shape index (κ1) is 15.7. The fourth-order valence-corrected chi connectivity index (χ4v) is 3.37. The van der Waals surface area contributed by atoms with E-state index in [9.17, 15) is 10.1 Å². The number of halogens is 1. The van der Waals surface area contributed by atoms with Crippen LogP contribution in [0.25, 0.3) is 0 Å². The Bertz CT molecular complexity index is 765. The number of aromatic nitrogens is 1. The van der Waals surface area contributed by atoms with E-state index in [-0.39, 0.29) is 5.56 Å². The van der Waals surface area contributed by atoms with Crippen molar-refractivity contribution in [1.29, 1.82) is 5.26 Å². The van der Waals surface area contributed by atoms with Crippen LogP contribution in [-0.4, -0.2) is 12.1 Å². The number of nitrogens with one attached hydrogen (secondary N) is 1. The molecule has 0 radical (unpaired) electrons. The zero-order chi connectivity index (χ0) is 15.4. The molecule has 108 valence electrons. The molecule has 0 aliphatic carbocycles. The summed E-state index contributed by atoms with van der Waals surface area (Å²) in [6.07, 6.45) is 0. The number of ether oxygens (including phenoxy) is 1. The number of H-pyrrole nitrogens is 1. The molecule has 0 aliphatic rings. The average Bonchev–Trinajstić information content (AvgIpc) is 2.44. The molecule has 2 rings (SSSR count). The maximum Gasteiger partial charge on any atom is 0.249 e. The van der Waals surface area contributed by atoms with Gasteiger partial charge < -0.3 is 9.72 Å². The van der Waals surface area contributed by atoms with E-state index in [0.717, 1.165) is 15.8 Å². The molecule has 0 atom stereocenters. The van der Waals surface area contributed by atoms with Gasteiger partial charge in [0.2, 0.25) is 5.56 Å². The summed E-state index contributed by atoms with van der Waals surface area (Å²) in [5.41, 5.74) is 1.98. The molecule has 1 aromatic heterocycles. The van der Waals surface area contributed by atoms with Crippen LogP contribution in [0.15, 0.2) is 38.6 Å². The number of nitrogens with zero attached hydrogens (tertiary/aromatic N) is 1. The molecule has 0 spiro atoms. The molecule has 0 aliphatic heterocycles. The Labute approximate surface area is 135 Å². The van der Waals surface area contributed by atoms with Crippen molar-refractivity contribution in [2.75, 3.05) is 7.11 Å². The van der Waals surface area contributed by atoms with E-state index in [4.69, 9.17) is 4.74 Å². The summed E-state index contributed by atoms with van der Waals surface area (Å²) in [5, 5.41) is 9.80. The molecule has 2 aromatic rings. The van der Waals surface area contributed by atoms with Crippen LogP contribution in [-0.2, 0) is 5.75 Å². The molecular weight excluding hydrogens is 352 g/mol. The second-order valence-corrected chi connectivity index (χ2v) is 6.28. The lowest BCUT2D eigenvalue weighted by Gasteiger charge is -2.10. The van der Waals surface area contributed by atoms with Gasteiger partial charge in [-0.25, -0.2) is 0 Å². The molecular formula is C15H13BrN2O2S. The Kier molecular flexibility index (Phi) is 5.10. The Hall–Kier alpha value is -1.71. The number of pyridine rings is 1. The molecule has 0 unspecified atom stereocenters. The van der Waals surface area contributed by atoms with Gasteiger partial charge in [-0.05, 0) is 30.7 Å². The van der Waals surface area contributed by atoms with Gasteiger partial charge in [-0.1, -0.05) is 15.9 Å². The Balaban J connectivity index is 2.31. The third kappa shape index (κ3) is 3.69. The number of rotatable bonds is 4. The highest BCUT2D eigenvalue weighted by atomic mass is 79.9. The number of aryl methyl sites for hydroxylation is 1. The van der Waals surface area contributed by atoms with Crippen LogP contribution in [0.1, 0.15) is 16.7 Å². The summed E-state index contributed by atoms with van der Waals surface area (Å²) in [6, 6.07) is 9.32. The lowest BCUT2D eigenvalue weighted by molar-refractivity contribution is 0.411. The van der Waals surface area contributed by atoms with Crippen LogP contribution in [0.5, 0.6) is 5.75 Å². The largest absolute Gasteiger partial charge is 0.496 e. The summed E-state index contributed by atoms with van der Waals surface area (Å²) in [7, 11) is 1.62. The Morgan fingerprint density at radius 2 is 2.19 bits per heavy atom. The van der Waals surface area contributed by atoms with Gasteiger partial charge in [-0.2, -0.15) is 5.26 Å². The van der Waals surface area contributed by atoms with Crippen LogP contribution in [0.3, 0.4) is 0 Å². The molecule has 1 heterocycles. The van der Waals surface area contributed by atoms with Gasteiger partial charge in [0.05, 0.1) is 17.7 Å². The minimum Gasteiger partial charge on any atom is -0.496 e. The van der Waals surface area contributed by atoms with Gasteiger partial charge in [0.1, 0.15) is 11.8 Å². The van der Waals surface area contributed by atoms with E-state index in [1.165, 1.54) is 17.8 Å². The van der Waals surface area contributed by atoms with Gasteiger partial charge >= 0.3 is 0 Å². The van der Waals surface area contributed by atoms with Crippen LogP contribution in [0.4, 0.5) is 0 Å². The molecule has 0 fully saturated rings. The van der Waals surface area contributed by atoms with Crippen LogP contribution in [0.2, 0.25) is 0 Å². The fourth-order valence-electron chi connectivity index (χ4n) is 1.92. The molecule has 0 saturated carbocycles. The zero-order valence-corrected chi connectivity index (χ0v) is 14.0. The molecule has 0 saturated heterocycles. The van der Waals surface area contributed by atoms with Gasteiger partial charge in [0, 0.05) is 21.9 Å². The number of hydrogen-bond acceptors (Lipinski definition) is 4. The van der Waals surface area contributed by atoms with Crippen molar-refractivity contribution in [3.63, 3.8) is 0 Å². The topological polar surface area (TPSA) is 65.9 Å². The number of benzene rings is 1. The predicted molar refractivity (Wildman–Crippen MR) is 86.8 cm³/mol. The van der Waals surface area contributed by atoms with E-state index >= 15 is 0 Å². The zero-order valence-electron chi connectivity index (χ0n) is 11.6. The van der Waals surface area contributed by atoms with E-state index in [1.54, 1.807) is 14.0 Å². The normalized spacial score (nSPS) is 10.2. The molecule has 1 N–H and O–H groups in total. The van der Waals surface area contributed by atoms with Crippen molar-refractivity contribution in [3.8, 4) is 11.8 Å². The number of nitriles is 1. The summed E-state index contributed by atoms with van der Waals surface area (Å²) in [5.74, 6) is 1.37. The van der Waals surface area contributed by atoms with Gasteiger partial charge in [0.15, 0.2) is 0 Å². The van der Waals surface area contributed by atoms with Crippen molar-refractivity contribution >= 4 is 27.7 Å². The van der Waals surface area contributed by atoms with Crippen LogP contribution in [0, 0.1) is 18.3 Å². The predicted octanol–water partition coefficient (Wildman–Crippen LogP) is 3.62. The van der Waals surface area contributed by atoms with Crippen molar-refractivity contribution in [1.82, 2.24) is 4.98 Å². The van der Waals surface area contributed by atoms with Gasteiger partial charge in [-0.3, -0.25) is 4.79 Å². The maximum atomic E-state index is 11.6. The second kappa shape index (κ2) is 6.83. The van der Waals surface area contributed by atoms with Gasteiger partial charge in [0.25, 0.3) is 0 Å². The third-order valence-corrected chi connectivity index (χ3v) is 4.48. The highest BCUT2D eigenvalue weighted by Crippen LogP contribution is 2.30. The molecule has 21 heavy (non-hydrogen) atoms. The third-order valence-electron chi connectivity index (χ3n) is 2.93.